The molecule has 506 valence electrons. The number of carboxylic acids is 2. The third-order valence-corrected chi connectivity index (χ3v) is 17.3. The van der Waals surface area contributed by atoms with Crippen molar-refractivity contribution in [3.05, 3.63) is 144 Å². The molecule has 30 heteroatoms. The lowest BCUT2D eigenvalue weighted by molar-refractivity contribution is -0.310. The van der Waals surface area contributed by atoms with E-state index in [4.69, 9.17) is 18.9 Å². The zero-order valence-corrected chi connectivity index (χ0v) is 53.0. The standard InChI is InChI=1S/C64H78N8O20S2/c1-37(73)71-51-47(75)33-63(61(85)86,91-55(51)53(79)49(77)35-69-59(83)43-15-11-39(12-16-43)45-9-3-5-23-65-45)89-27-7-29-93-31-25-67-57(81)41-19-21-42(22-20-41)58(82)68-26-32-94-30-8-28-90-64(62(87)88)34-48(76)52(72-38(2)74)56(92-64)54(80)50(78)36-70-60(84)44-17-13-40(14-18-44)46-10-4-6-24-66-46/h3-6,9-24,47-56,75-80H,7-8,25-36H2,1-2H3,(H,67,81)(H,68,82)(H,69,83)(H,70,84)(H,71,73)(H,72,74)(H,85,86)(H,87,88)/t47-,48-,49+,50+,51+,52+,53?,54?,55+,56+,63+,64+/m0/s1. The summed E-state index contributed by atoms with van der Waals surface area (Å²) in [6, 6.07) is 27.0. The van der Waals surface area contributed by atoms with Crippen LogP contribution in [0, 0.1) is 0 Å². The molecule has 2 aromatic heterocycles. The Morgan fingerprint density at radius 3 is 1.17 bits per heavy atom. The van der Waals surface area contributed by atoms with Crippen molar-refractivity contribution in [1.82, 2.24) is 41.9 Å². The second kappa shape index (κ2) is 35.5. The van der Waals surface area contributed by atoms with Crippen LogP contribution in [0.15, 0.2) is 122 Å². The number of benzene rings is 3. The fraction of sp³-hybridized carbons (Fsp3) is 0.438. The highest BCUT2D eigenvalue weighted by molar-refractivity contribution is 7.99. The van der Waals surface area contributed by atoms with E-state index in [9.17, 15) is 79.2 Å². The van der Waals surface area contributed by atoms with Gasteiger partial charge in [-0.3, -0.25) is 38.7 Å². The molecule has 4 heterocycles. The van der Waals surface area contributed by atoms with Crippen LogP contribution in [0.1, 0.15) is 81.0 Å². The molecule has 0 bridgehead atoms. The lowest BCUT2D eigenvalue weighted by Gasteiger charge is -2.46. The van der Waals surface area contributed by atoms with Crippen molar-refractivity contribution in [2.45, 2.75) is 112 Å². The molecule has 12 atom stereocenters. The normalized spacial score (nSPS) is 22.3. The van der Waals surface area contributed by atoms with Gasteiger partial charge in [0.2, 0.25) is 11.8 Å². The highest BCUT2D eigenvalue weighted by Gasteiger charge is 2.57. The van der Waals surface area contributed by atoms with Gasteiger partial charge in [0.05, 0.1) is 61.1 Å². The third kappa shape index (κ3) is 20.5. The Morgan fingerprint density at radius 1 is 0.511 bits per heavy atom. The minimum absolute atomic E-state index is 0.189. The number of hydrogen-bond donors (Lipinski definition) is 14. The number of aliphatic hydroxyl groups is 6. The zero-order chi connectivity index (χ0) is 68.0. The summed E-state index contributed by atoms with van der Waals surface area (Å²) in [5, 5.41) is 103. The van der Waals surface area contributed by atoms with Gasteiger partial charge in [0, 0.05) is 110 Å². The molecule has 2 unspecified atom stereocenters. The SMILES string of the molecule is CC(=O)N[C@@H]1[C@@H](O)C[C@](OCCCSCCNC(=O)c2ccc(C(=O)NCCSCCCO[C@]3(C(=O)O)C[C@H](O)[C@@H](NC(C)=O)[C@H](C(O)[C@H](O)CNC(=O)c4ccc(-c5ccccn5)cc4)O3)cc2)(C(=O)O)O[C@H]1C(O)[C@H](O)CNC(=O)c1ccc(-c2ccccn2)cc1. The molecule has 28 nitrogen and oxygen atoms in total. The molecule has 5 aromatic rings. The number of carbonyl (C=O) groups excluding carboxylic acids is 6. The molecule has 0 spiro atoms. The maximum atomic E-state index is 13.0. The van der Waals surface area contributed by atoms with Gasteiger partial charge in [-0.1, -0.05) is 36.4 Å². The van der Waals surface area contributed by atoms with E-state index >= 15 is 0 Å². The number of amides is 6. The minimum atomic E-state index is -2.50. The number of nitrogens with zero attached hydrogens (tertiary/aromatic N) is 2. The van der Waals surface area contributed by atoms with Crippen molar-refractivity contribution in [2.24, 2.45) is 0 Å². The Kier molecular flexibility index (Phi) is 27.7. The van der Waals surface area contributed by atoms with Crippen LogP contribution in [0.3, 0.4) is 0 Å². The number of rotatable bonds is 34. The second-order valence-corrected chi connectivity index (χ2v) is 24.6. The van der Waals surface area contributed by atoms with Gasteiger partial charge in [0.15, 0.2) is 0 Å². The molecule has 3 aromatic carbocycles. The van der Waals surface area contributed by atoms with Crippen LogP contribution in [-0.2, 0) is 38.1 Å². The van der Waals surface area contributed by atoms with Gasteiger partial charge >= 0.3 is 11.9 Å². The average Bonchev–Trinajstić information content (AvgIpc) is 0.777. The molecule has 6 amide bonds. The largest absolute Gasteiger partial charge is 0.477 e. The first kappa shape index (κ1) is 73.4. The predicted molar refractivity (Wildman–Crippen MR) is 342 cm³/mol. The van der Waals surface area contributed by atoms with Gasteiger partial charge in [-0.15, -0.1) is 0 Å². The monoisotopic (exact) mass is 1340 g/mol. The molecule has 0 radical (unpaired) electrons. The van der Waals surface area contributed by atoms with Crippen molar-refractivity contribution in [1.29, 1.82) is 0 Å². The highest BCUT2D eigenvalue weighted by atomic mass is 32.2. The van der Waals surface area contributed by atoms with Crippen LogP contribution >= 0.6 is 23.5 Å². The first-order valence-electron chi connectivity index (χ1n) is 30.2. The molecule has 2 aliphatic rings. The Hall–Kier alpha value is -7.98. The summed E-state index contributed by atoms with van der Waals surface area (Å²) in [7, 11) is 0. The number of nitrogens with one attached hydrogen (secondary N) is 6. The first-order chi connectivity index (χ1) is 45.0. The summed E-state index contributed by atoms with van der Waals surface area (Å²) < 4.78 is 23.1. The maximum absolute atomic E-state index is 13.0. The van der Waals surface area contributed by atoms with E-state index in [1.807, 2.05) is 12.1 Å². The Bertz CT molecular complexity index is 3110. The summed E-state index contributed by atoms with van der Waals surface area (Å²) in [6.07, 6.45) is -11.5. The number of aliphatic carboxylic acids is 2. The van der Waals surface area contributed by atoms with E-state index in [2.05, 4.69) is 41.9 Å². The fourth-order valence-corrected chi connectivity index (χ4v) is 11.8. The topological polar surface area (TPSA) is 433 Å². The molecule has 7 rings (SSSR count). The predicted octanol–water partition coefficient (Wildman–Crippen LogP) is 0.724. The summed E-state index contributed by atoms with van der Waals surface area (Å²) >= 11 is 2.84. The van der Waals surface area contributed by atoms with Gasteiger partial charge in [-0.2, -0.15) is 23.5 Å². The zero-order valence-electron chi connectivity index (χ0n) is 51.4. The van der Waals surface area contributed by atoms with E-state index < -0.39 is 146 Å². The van der Waals surface area contributed by atoms with Crippen molar-refractivity contribution in [2.75, 3.05) is 62.4 Å². The van der Waals surface area contributed by atoms with Gasteiger partial charge in [-0.25, -0.2) is 9.59 Å². The molecule has 0 aliphatic carbocycles. The van der Waals surface area contributed by atoms with Gasteiger partial charge in [0.1, 0.15) is 24.4 Å². The number of aromatic nitrogens is 2. The number of thioether (sulfide) groups is 2. The van der Waals surface area contributed by atoms with Crippen LogP contribution in [0.25, 0.3) is 22.5 Å². The van der Waals surface area contributed by atoms with Crippen LogP contribution < -0.4 is 31.9 Å². The molecule has 14 N–H and O–H groups in total. The van der Waals surface area contributed by atoms with Gasteiger partial charge in [0.25, 0.3) is 35.2 Å². The van der Waals surface area contributed by atoms with Crippen LogP contribution in [0.5, 0.6) is 0 Å². The van der Waals surface area contributed by atoms with Crippen molar-refractivity contribution < 1.29 is 98.2 Å². The van der Waals surface area contributed by atoms with E-state index in [0.29, 0.717) is 45.5 Å². The molecule has 2 saturated heterocycles. The van der Waals surface area contributed by atoms with Crippen molar-refractivity contribution in [3.63, 3.8) is 0 Å². The quantitative estimate of drug-likeness (QED) is 0.0252. The van der Waals surface area contributed by atoms with Gasteiger partial charge < -0.3 is 91.7 Å². The fourth-order valence-electron chi connectivity index (χ4n) is 10.3. The smallest absolute Gasteiger partial charge is 0.364 e. The van der Waals surface area contributed by atoms with E-state index in [1.165, 1.54) is 47.8 Å². The molecule has 2 fully saturated rings. The van der Waals surface area contributed by atoms with E-state index in [-0.39, 0.29) is 50.3 Å². The van der Waals surface area contributed by atoms with Crippen molar-refractivity contribution >= 4 is 70.9 Å². The Morgan fingerprint density at radius 2 is 0.851 bits per heavy atom. The molecule has 2 aliphatic heterocycles. The second-order valence-electron chi connectivity index (χ2n) is 22.1. The van der Waals surface area contributed by atoms with Crippen LogP contribution in [0.2, 0.25) is 0 Å². The summed E-state index contributed by atoms with van der Waals surface area (Å²) in [5.74, 6) is -9.74. The highest BCUT2D eigenvalue weighted by Crippen LogP contribution is 2.36. The summed E-state index contributed by atoms with van der Waals surface area (Å²) in [6.45, 7) is 1.37. The number of pyridine rings is 2. The lowest BCUT2D eigenvalue weighted by atomic mass is 9.88. The number of carboxylic acid groups (broad SMARTS) is 2. The average molecular weight is 1340 g/mol. The Balaban J connectivity index is 0.773. The van der Waals surface area contributed by atoms with Gasteiger partial charge in [-0.05, 0) is 97.1 Å². The van der Waals surface area contributed by atoms with E-state index in [0.717, 1.165) is 25.0 Å². The van der Waals surface area contributed by atoms with Crippen LogP contribution in [0.4, 0.5) is 0 Å². The number of hydrogen-bond acceptors (Lipinski definition) is 22. The minimum Gasteiger partial charge on any atom is -0.477 e. The number of aliphatic hydroxyl groups excluding tert-OH is 6. The maximum Gasteiger partial charge on any atom is 0.364 e. The Labute approximate surface area is 549 Å². The number of ether oxygens (including phenoxy) is 4. The summed E-state index contributed by atoms with van der Waals surface area (Å²) in [5.41, 5.74) is 3.97. The lowest BCUT2D eigenvalue weighted by Crippen LogP contribution is -2.68. The number of carbonyl (C=O) groups is 8. The van der Waals surface area contributed by atoms with Crippen molar-refractivity contribution in [3.8, 4) is 22.5 Å². The molecular weight excluding hydrogens is 1260 g/mol. The molecule has 94 heavy (non-hydrogen) atoms. The van der Waals surface area contributed by atoms with E-state index in [1.54, 1.807) is 85.2 Å². The molecular formula is C64H78N8O20S2. The van der Waals surface area contributed by atoms with Crippen LogP contribution in [-0.4, -0.2) is 233 Å². The summed E-state index contributed by atoms with van der Waals surface area (Å²) in [4.78, 5) is 110. The molecule has 0 saturated carbocycles. The third-order valence-electron chi connectivity index (χ3n) is 15.2. The first-order valence-corrected chi connectivity index (χ1v) is 32.5.